The third-order valence-electron chi connectivity index (χ3n) is 2.60. The first-order valence-corrected chi connectivity index (χ1v) is 7.18. The predicted octanol–water partition coefficient (Wildman–Crippen LogP) is 2.31. The lowest BCUT2D eigenvalue weighted by atomic mass is 10.2. The van der Waals surface area contributed by atoms with Crippen molar-refractivity contribution in [1.82, 2.24) is 10.3 Å². The standard InChI is InChI=1S/C14H17N3O2S/c1-9-3-5-11(6-4-9)16-14-17-12(8-20-14)13(19)15-7-10(2)18/h3-6,8,10,18H,7H2,1-2H3,(H,15,19)(H,16,17)/t10-/m1/s1. The van der Waals surface area contributed by atoms with E-state index < -0.39 is 6.10 Å². The number of carbonyl (C=O) groups is 1. The maximum atomic E-state index is 11.8. The molecule has 0 saturated heterocycles. The molecular formula is C14H17N3O2S. The monoisotopic (exact) mass is 291 g/mol. The second-order valence-corrected chi connectivity index (χ2v) is 5.45. The van der Waals surface area contributed by atoms with Crippen molar-refractivity contribution in [2.45, 2.75) is 20.0 Å². The molecule has 2 aromatic rings. The molecule has 5 nitrogen and oxygen atoms in total. The summed E-state index contributed by atoms with van der Waals surface area (Å²) >= 11 is 1.37. The van der Waals surface area contributed by atoms with Gasteiger partial charge in [-0.2, -0.15) is 0 Å². The van der Waals surface area contributed by atoms with Crippen LogP contribution in [0.4, 0.5) is 10.8 Å². The number of aliphatic hydroxyl groups excluding tert-OH is 1. The molecule has 2 rings (SSSR count). The molecule has 0 bridgehead atoms. The van der Waals surface area contributed by atoms with Gasteiger partial charge in [0.2, 0.25) is 0 Å². The summed E-state index contributed by atoms with van der Waals surface area (Å²) in [4.78, 5) is 16.0. The molecule has 106 valence electrons. The molecule has 20 heavy (non-hydrogen) atoms. The van der Waals surface area contributed by atoms with E-state index in [0.717, 1.165) is 5.69 Å². The van der Waals surface area contributed by atoms with Gasteiger partial charge in [-0.05, 0) is 26.0 Å². The quantitative estimate of drug-likeness (QED) is 0.790. The highest BCUT2D eigenvalue weighted by Gasteiger charge is 2.11. The van der Waals surface area contributed by atoms with Crippen molar-refractivity contribution in [2.75, 3.05) is 11.9 Å². The Kier molecular flexibility index (Phi) is 4.70. The summed E-state index contributed by atoms with van der Waals surface area (Å²) in [7, 11) is 0. The van der Waals surface area contributed by atoms with Crippen LogP contribution in [0.15, 0.2) is 29.6 Å². The predicted molar refractivity (Wildman–Crippen MR) is 80.6 cm³/mol. The average Bonchev–Trinajstić information content (AvgIpc) is 2.87. The van der Waals surface area contributed by atoms with Gasteiger partial charge in [0.1, 0.15) is 5.69 Å². The molecule has 3 N–H and O–H groups in total. The Labute approximate surface area is 121 Å². The van der Waals surface area contributed by atoms with Gasteiger partial charge in [0, 0.05) is 17.6 Å². The van der Waals surface area contributed by atoms with Gasteiger partial charge in [0.25, 0.3) is 5.91 Å². The number of rotatable bonds is 5. The number of aliphatic hydroxyl groups is 1. The zero-order valence-electron chi connectivity index (χ0n) is 11.4. The van der Waals surface area contributed by atoms with Gasteiger partial charge in [-0.25, -0.2) is 4.98 Å². The number of aromatic nitrogens is 1. The zero-order chi connectivity index (χ0) is 14.5. The number of benzene rings is 1. The van der Waals surface area contributed by atoms with Gasteiger partial charge in [-0.15, -0.1) is 11.3 Å². The first kappa shape index (κ1) is 14.5. The van der Waals surface area contributed by atoms with E-state index in [1.54, 1.807) is 12.3 Å². The van der Waals surface area contributed by atoms with Crippen LogP contribution in [-0.4, -0.2) is 28.6 Å². The molecule has 0 fully saturated rings. The average molecular weight is 291 g/mol. The summed E-state index contributed by atoms with van der Waals surface area (Å²) in [5.41, 5.74) is 2.47. The van der Waals surface area contributed by atoms with Crippen molar-refractivity contribution in [1.29, 1.82) is 0 Å². The molecule has 1 aromatic carbocycles. The molecule has 1 atom stereocenters. The van der Waals surface area contributed by atoms with Gasteiger partial charge in [0.05, 0.1) is 6.10 Å². The second-order valence-electron chi connectivity index (χ2n) is 4.59. The van der Waals surface area contributed by atoms with E-state index in [2.05, 4.69) is 15.6 Å². The molecule has 1 heterocycles. The highest BCUT2D eigenvalue weighted by molar-refractivity contribution is 7.14. The Hall–Kier alpha value is -1.92. The summed E-state index contributed by atoms with van der Waals surface area (Å²) in [6, 6.07) is 7.94. The Balaban J connectivity index is 1.98. The van der Waals surface area contributed by atoms with Crippen LogP contribution in [-0.2, 0) is 0 Å². The third-order valence-corrected chi connectivity index (χ3v) is 3.36. The smallest absolute Gasteiger partial charge is 0.270 e. The Morgan fingerprint density at radius 3 is 2.75 bits per heavy atom. The van der Waals surface area contributed by atoms with Gasteiger partial charge in [0.15, 0.2) is 5.13 Å². The van der Waals surface area contributed by atoms with E-state index in [4.69, 9.17) is 5.11 Å². The number of anilines is 2. The number of thiazole rings is 1. The number of carbonyl (C=O) groups excluding carboxylic acids is 1. The number of amides is 1. The van der Waals surface area contributed by atoms with Crippen LogP contribution < -0.4 is 10.6 Å². The minimum absolute atomic E-state index is 0.219. The van der Waals surface area contributed by atoms with Gasteiger partial charge < -0.3 is 15.7 Å². The molecule has 0 saturated carbocycles. The maximum absolute atomic E-state index is 11.8. The van der Waals surface area contributed by atoms with Crippen LogP contribution in [0.25, 0.3) is 0 Å². The molecule has 1 amide bonds. The third kappa shape index (κ3) is 4.04. The fourth-order valence-corrected chi connectivity index (χ4v) is 2.24. The second kappa shape index (κ2) is 6.49. The van der Waals surface area contributed by atoms with Crippen LogP contribution >= 0.6 is 11.3 Å². The van der Waals surface area contributed by atoms with E-state index in [1.807, 2.05) is 31.2 Å². The summed E-state index contributed by atoms with van der Waals surface area (Å²) in [6.07, 6.45) is -0.567. The van der Waals surface area contributed by atoms with Crippen LogP contribution in [0.3, 0.4) is 0 Å². The first-order valence-electron chi connectivity index (χ1n) is 6.30. The van der Waals surface area contributed by atoms with Crippen molar-refractivity contribution in [3.05, 3.63) is 40.9 Å². The van der Waals surface area contributed by atoms with Crippen LogP contribution in [0.5, 0.6) is 0 Å². The molecule has 6 heteroatoms. The minimum atomic E-state index is -0.567. The van der Waals surface area contributed by atoms with E-state index >= 15 is 0 Å². The fourth-order valence-electron chi connectivity index (χ4n) is 1.53. The molecule has 0 aliphatic carbocycles. The van der Waals surface area contributed by atoms with Crippen molar-refractivity contribution in [3.8, 4) is 0 Å². The molecule has 0 radical (unpaired) electrons. The van der Waals surface area contributed by atoms with Crippen molar-refractivity contribution in [2.24, 2.45) is 0 Å². The van der Waals surface area contributed by atoms with E-state index in [-0.39, 0.29) is 12.5 Å². The molecule has 0 spiro atoms. The Morgan fingerprint density at radius 1 is 1.40 bits per heavy atom. The summed E-state index contributed by atoms with van der Waals surface area (Å²) in [6.45, 7) is 3.86. The highest BCUT2D eigenvalue weighted by atomic mass is 32.1. The fraction of sp³-hybridized carbons (Fsp3) is 0.286. The number of nitrogens with one attached hydrogen (secondary N) is 2. The van der Waals surface area contributed by atoms with Gasteiger partial charge in [-0.3, -0.25) is 4.79 Å². The van der Waals surface area contributed by atoms with Crippen molar-refractivity contribution in [3.63, 3.8) is 0 Å². The highest BCUT2D eigenvalue weighted by Crippen LogP contribution is 2.21. The molecule has 0 aliphatic rings. The topological polar surface area (TPSA) is 74.2 Å². The lowest BCUT2D eigenvalue weighted by molar-refractivity contribution is 0.0920. The number of hydrogen-bond donors (Lipinski definition) is 3. The van der Waals surface area contributed by atoms with E-state index in [0.29, 0.717) is 10.8 Å². The van der Waals surface area contributed by atoms with Crippen LogP contribution in [0.1, 0.15) is 23.0 Å². The number of hydrogen-bond acceptors (Lipinski definition) is 5. The van der Waals surface area contributed by atoms with E-state index in [1.165, 1.54) is 16.9 Å². The largest absolute Gasteiger partial charge is 0.392 e. The zero-order valence-corrected chi connectivity index (χ0v) is 12.2. The molecule has 0 unspecified atom stereocenters. The Bertz CT molecular complexity index is 578. The van der Waals surface area contributed by atoms with Crippen molar-refractivity contribution < 1.29 is 9.90 Å². The van der Waals surface area contributed by atoms with Crippen LogP contribution in [0, 0.1) is 6.92 Å². The normalized spacial score (nSPS) is 11.9. The first-order chi connectivity index (χ1) is 9.54. The Morgan fingerprint density at radius 2 is 2.10 bits per heavy atom. The SMILES string of the molecule is Cc1ccc(Nc2nc(C(=O)NC[C@@H](C)O)cs2)cc1. The lowest BCUT2D eigenvalue weighted by Gasteiger charge is -2.05. The number of nitrogens with zero attached hydrogens (tertiary/aromatic N) is 1. The van der Waals surface area contributed by atoms with Gasteiger partial charge in [-0.1, -0.05) is 17.7 Å². The van der Waals surface area contributed by atoms with E-state index in [9.17, 15) is 4.79 Å². The minimum Gasteiger partial charge on any atom is -0.392 e. The van der Waals surface area contributed by atoms with Crippen LogP contribution in [0.2, 0.25) is 0 Å². The number of aryl methyl sites for hydroxylation is 1. The maximum Gasteiger partial charge on any atom is 0.270 e. The summed E-state index contributed by atoms with van der Waals surface area (Å²) in [5, 5.41) is 17.2. The molecule has 0 aliphatic heterocycles. The van der Waals surface area contributed by atoms with Gasteiger partial charge >= 0.3 is 0 Å². The molecule has 1 aromatic heterocycles. The molecular weight excluding hydrogens is 274 g/mol. The summed E-state index contributed by atoms with van der Waals surface area (Å²) < 4.78 is 0. The lowest BCUT2D eigenvalue weighted by Crippen LogP contribution is -2.30. The van der Waals surface area contributed by atoms with Crippen molar-refractivity contribution >= 4 is 28.1 Å². The summed E-state index contributed by atoms with van der Waals surface area (Å²) in [5.74, 6) is -0.279.